The van der Waals surface area contributed by atoms with Gasteiger partial charge >= 0.3 is 0 Å². The largest absolute Gasteiger partial charge is 0.507 e. The maximum Gasteiger partial charge on any atom is 0.295 e. The highest BCUT2D eigenvalue weighted by Crippen LogP contribution is 2.44. The fourth-order valence-corrected chi connectivity index (χ4v) is 4.84. The zero-order valence-corrected chi connectivity index (χ0v) is 22.9. The number of halogens is 1. The van der Waals surface area contributed by atoms with Crippen molar-refractivity contribution in [2.24, 2.45) is 0 Å². The van der Waals surface area contributed by atoms with E-state index in [4.69, 9.17) is 30.5 Å². The number of methoxy groups -OCH3 is 3. The maximum absolute atomic E-state index is 13.3. The van der Waals surface area contributed by atoms with Crippen LogP contribution in [-0.2, 0) is 16.2 Å². The average molecular weight is 552 g/mol. The van der Waals surface area contributed by atoms with Crippen LogP contribution < -0.4 is 18.9 Å². The molecule has 1 saturated heterocycles. The molecule has 1 aliphatic rings. The van der Waals surface area contributed by atoms with E-state index in [1.165, 1.54) is 38.4 Å². The Morgan fingerprint density at radius 3 is 2.23 bits per heavy atom. The number of nitrogens with zero attached hydrogens (tertiary/aromatic N) is 1. The van der Waals surface area contributed by atoms with Crippen molar-refractivity contribution in [3.8, 4) is 23.0 Å². The van der Waals surface area contributed by atoms with Gasteiger partial charge in [-0.1, -0.05) is 54.9 Å². The lowest BCUT2D eigenvalue weighted by atomic mass is 9.94. The molecular weight excluding hydrogens is 522 g/mol. The molecule has 0 saturated carbocycles. The number of ether oxygens (including phenoxy) is 4. The number of carbonyl (C=O) groups excluding carboxylic acids is 2. The second-order valence-electron chi connectivity index (χ2n) is 8.86. The van der Waals surface area contributed by atoms with Crippen LogP contribution in [0.4, 0.5) is 0 Å². The first kappa shape index (κ1) is 27.9. The van der Waals surface area contributed by atoms with Gasteiger partial charge in [0.25, 0.3) is 11.7 Å². The SMILES string of the molecule is CCCN1C(=O)C(=O)/C(=C(/O)c2cc(Cl)c(OC)cc2OC)C1c1ccc(OCc2ccccc2)c(OC)c1. The Morgan fingerprint density at radius 2 is 1.59 bits per heavy atom. The molecule has 3 aromatic carbocycles. The van der Waals surface area contributed by atoms with Crippen molar-refractivity contribution in [3.05, 3.63) is 87.9 Å². The molecule has 3 aromatic rings. The lowest BCUT2D eigenvalue weighted by Gasteiger charge is -2.26. The minimum Gasteiger partial charge on any atom is -0.507 e. The van der Waals surface area contributed by atoms with Gasteiger partial charge < -0.3 is 29.0 Å². The summed E-state index contributed by atoms with van der Waals surface area (Å²) in [5, 5.41) is 11.7. The number of Topliss-reactive ketones (excluding diaryl/α,β-unsaturated/α-hetero) is 1. The monoisotopic (exact) mass is 551 g/mol. The second-order valence-corrected chi connectivity index (χ2v) is 9.27. The highest BCUT2D eigenvalue weighted by Gasteiger charge is 2.46. The molecule has 1 fully saturated rings. The fraction of sp³-hybridized carbons (Fsp3) is 0.267. The molecule has 0 bridgehead atoms. The van der Waals surface area contributed by atoms with E-state index in [2.05, 4.69) is 0 Å². The summed E-state index contributed by atoms with van der Waals surface area (Å²) in [4.78, 5) is 27.9. The topological polar surface area (TPSA) is 94.5 Å². The molecule has 1 amide bonds. The summed E-state index contributed by atoms with van der Waals surface area (Å²) < 4.78 is 22.3. The van der Waals surface area contributed by atoms with Crippen LogP contribution in [-0.4, -0.2) is 49.6 Å². The van der Waals surface area contributed by atoms with E-state index < -0.39 is 23.5 Å². The van der Waals surface area contributed by atoms with Crippen molar-refractivity contribution in [3.63, 3.8) is 0 Å². The van der Waals surface area contributed by atoms with Crippen LogP contribution in [0.15, 0.2) is 66.2 Å². The Hall–Kier alpha value is -4.17. The zero-order valence-electron chi connectivity index (χ0n) is 22.2. The maximum atomic E-state index is 13.3. The molecule has 0 spiro atoms. The summed E-state index contributed by atoms with van der Waals surface area (Å²) in [7, 11) is 4.39. The van der Waals surface area contributed by atoms with Gasteiger partial charge in [-0.15, -0.1) is 0 Å². The minimum absolute atomic E-state index is 0.0759. The third-order valence-corrected chi connectivity index (χ3v) is 6.77. The smallest absolute Gasteiger partial charge is 0.295 e. The number of aliphatic hydroxyl groups is 1. The number of amides is 1. The van der Waals surface area contributed by atoms with Crippen LogP contribution in [0.1, 0.15) is 36.1 Å². The molecule has 1 N–H and O–H groups in total. The Kier molecular flexibility index (Phi) is 8.66. The molecule has 4 rings (SSSR count). The van der Waals surface area contributed by atoms with E-state index >= 15 is 0 Å². The first-order valence-electron chi connectivity index (χ1n) is 12.4. The van der Waals surface area contributed by atoms with Crippen LogP contribution in [0.5, 0.6) is 23.0 Å². The molecule has 0 aromatic heterocycles. The number of ketones is 1. The van der Waals surface area contributed by atoms with Crippen LogP contribution in [0.3, 0.4) is 0 Å². The Morgan fingerprint density at radius 1 is 0.897 bits per heavy atom. The fourth-order valence-electron chi connectivity index (χ4n) is 4.60. The van der Waals surface area contributed by atoms with Crippen molar-refractivity contribution >= 4 is 29.1 Å². The van der Waals surface area contributed by atoms with E-state index in [9.17, 15) is 14.7 Å². The van der Waals surface area contributed by atoms with Gasteiger partial charge in [0.05, 0.1) is 43.5 Å². The summed E-state index contributed by atoms with van der Waals surface area (Å²) in [5.74, 6) is -0.410. The molecular formula is C30H30ClNO7. The van der Waals surface area contributed by atoms with Crippen molar-refractivity contribution in [1.82, 2.24) is 4.90 Å². The van der Waals surface area contributed by atoms with Gasteiger partial charge in [0, 0.05) is 12.6 Å². The Balaban J connectivity index is 1.81. The van der Waals surface area contributed by atoms with Crippen LogP contribution >= 0.6 is 11.6 Å². The van der Waals surface area contributed by atoms with E-state index in [1.807, 2.05) is 37.3 Å². The molecule has 9 heteroatoms. The molecule has 0 aliphatic carbocycles. The predicted molar refractivity (Wildman–Crippen MR) is 148 cm³/mol. The third kappa shape index (κ3) is 5.52. The van der Waals surface area contributed by atoms with Crippen molar-refractivity contribution in [2.45, 2.75) is 26.0 Å². The molecule has 204 valence electrons. The summed E-state index contributed by atoms with van der Waals surface area (Å²) in [6.45, 7) is 2.55. The number of rotatable bonds is 10. The van der Waals surface area contributed by atoms with Gasteiger partial charge in [0.1, 0.15) is 23.9 Å². The van der Waals surface area contributed by atoms with Crippen LogP contribution in [0.2, 0.25) is 5.02 Å². The highest BCUT2D eigenvalue weighted by atomic mass is 35.5. The Bertz CT molecular complexity index is 1400. The van der Waals surface area contributed by atoms with Gasteiger partial charge in [0.15, 0.2) is 11.5 Å². The molecule has 1 aliphatic heterocycles. The minimum atomic E-state index is -0.868. The normalized spacial score (nSPS) is 16.3. The van der Waals surface area contributed by atoms with E-state index in [0.29, 0.717) is 42.4 Å². The van der Waals surface area contributed by atoms with Crippen molar-refractivity contribution < 1.29 is 33.6 Å². The molecule has 1 unspecified atom stereocenters. The first-order valence-corrected chi connectivity index (χ1v) is 12.8. The van der Waals surface area contributed by atoms with E-state index in [-0.39, 0.29) is 21.9 Å². The number of aliphatic hydroxyl groups excluding tert-OH is 1. The number of carbonyl (C=O) groups is 2. The van der Waals surface area contributed by atoms with E-state index in [1.54, 1.807) is 18.2 Å². The quantitative estimate of drug-likeness (QED) is 0.194. The van der Waals surface area contributed by atoms with Gasteiger partial charge in [-0.3, -0.25) is 9.59 Å². The van der Waals surface area contributed by atoms with Crippen molar-refractivity contribution in [2.75, 3.05) is 27.9 Å². The highest BCUT2D eigenvalue weighted by molar-refractivity contribution is 6.46. The Labute approximate surface area is 232 Å². The van der Waals surface area contributed by atoms with Crippen LogP contribution in [0, 0.1) is 0 Å². The number of hydrogen-bond acceptors (Lipinski definition) is 7. The van der Waals surface area contributed by atoms with Gasteiger partial charge in [0.2, 0.25) is 0 Å². The van der Waals surface area contributed by atoms with Crippen LogP contribution in [0.25, 0.3) is 5.76 Å². The first-order chi connectivity index (χ1) is 18.8. The van der Waals surface area contributed by atoms with Crippen molar-refractivity contribution in [1.29, 1.82) is 0 Å². The summed E-state index contributed by atoms with van der Waals surface area (Å²) in [5.41, 5.74) is 1.66. The summed E-state index contributed by atoms with van der Waals surface area (Å²) in [6.07, 6.45) is 0.608. The number of likely N-dealkylation sites (tertiary alicyclic amines) is 1. The molecule has 1 atom stereocenters. The third-order valence-electron chi connectivity index (χ3n) is 6.47. The van der Waals surface area contributed by atoms with Gasteiger partial charge in [-0.05, 0) is 35.7 Å². The summed E-state index contributed by atoms with van der Waals surface area (Å²) >= 11 is 6.33. The predicted octanol–water partition coefficient (Wildman–Crippen LogP) is 5.78. The number of benzene rings is 3. The zero-order chi connectivity index (χ0) is 28.1. The second kappa shape index (κ2) is 12.1. The number of hydrogen-bond donors (Lipinski definition) is 1. The standard InChI is InChI=1S/C30H30ClNO7/c1-5-13-32-27(19-11-12-22(25(14-19)38-4)39-17-18-9-7-6-8-10-18)26(29(34)30(32)35)28(33)20-15-21(31)24(37-3)16-23(20)36-2/h6-12,14-16,27,33H,5,13,17H2,1-4H3/b28-26+. The van der Waals surface area contributed by atoms with Gasteiger partial charge in [-0.25, -0.2) is 0 Å². The van der Waals surface area contributed by atoms with E-state index in [0.717, 1.165) is 5.56 Å². The lowest BCUT2D eigenvalue weighted by Crippen LogP contribution is -2.30. The molecule has 39 heavy (non-hydrogen) atoms. The molecule has 8 nitrogen and oxygen atoms in total. The lowest BCUT2D eigenvalue weighted by molar-refractivity contribution is -0.139. The average Bonchev–Trinajstić information content (AvgIpc) is 3.21. The van der Waals surface area contributed by atoms with Gasteiger partial charge in [-0.2, -0.15) is 0 Å². The summed E-state index contributed by atoms with van der Waals surface area (Å²) in [6, 6.07) is 17.0. The molecule has 1 heterocycles. The molecule has 0 radical (unpaired) electrons.